The molecule has 0 atom stereocenters. The molecule has 0 unspecified atom stereocenters. The van der Waals surface area contributed by atoms with E-state index in [2.05, 4.69) is 26.0 Å². The summed E-state index contributed by atoms with van der Waals surface area (Å²) in [4.78, 5) is 15.9. The zero-order valence-electron chi connectivity index (χ0n) is 12.5. The molecule has 0 N–H and O–H groups in total. The van der Waals surface area contributed by atoms with Gasteiger partial charge in [0.2, 0.25) is 5.91 Å². The molecule has 20 heavy (non-hydrogen) atoms. The van der Waals surface area contributed by atoms with Gasteiger partial charge >= 0.3 is 0 Å². The van der Waals surface area contributed by atoms with Crippen LogP contribution in [0.4, 0.5) is 0 Å². The van der Waals surface area contributed by atoms with E-state index in [0.29, 0.717) is 13.1 Å². The highest BCUT2D eigenvalue weighted by Crippen LogP contribution is 2.16. The van der Waals surface area contributed by atoms with Crippen molar-refractivity contribution in [3.05, 3.63) is 44.8 Å². The first-order valence-corrected chi connectivity index (χ1v) is 8.73. The maximum Gasteiger partial charge on any atom is 0.220 e. The summed E-state index contributed by atoms with van der Waals surface area (Å²) in [5.74, 6) is 0.127. The zero-order valence-corrected chi connectivity index (χ0v) is 14.1. The van der Waals surface area contributed by atoms with E-state index in [-0.39, 0.29) is 5.91 Å². The molecule has 0 aromatic carbocycles. The lowest BCUT2D eigenvalue weighted by atomic mass is 10.3. The van der Waals surface area contributed by atoms with Crippen molar-refractivity contribution < 1.29 is 4.79 Å². The lowest BCUT2D eigenvalue weighted by Gasteiger charge is -2.19. The Morgan fingerprint density at radius 1 is 1.00 bits per heavy atom. The summed E-state index contributed by atoms with van der Waals surface area (Å²) >= 11 is 3.38. The van der Waals surface area contributed by atoms with Gasteiger partial charge in [0, 0.05) is 16.7 Å². The van der Waals surface area contributed by atoms with E-state index in [4.69, 9.17) is 0 Å². The summed E-state index contributed by atoms with van der Waals surface area (Å²) < 4.78 is 0. The molecule has 4 heteroatoms. The molecule has 0 saturated carbocycles. The molecule has 0 bridgehead atoms. The van der Waals surface area contributed by atoms with Gasteiger partial charge in [-0.15, -0.1) is 22.7 Å². The highest BCUT2D eigenvalue weighted by atomic mass is 32.1. The number of unbranched alkanes of at least 4 members (excludes halogenated alkanes) is 1. The summed E-state index contributed by atoms with van der Waals surface area (Å²) in [5.41, 5.74) is 0. The van der Waals surface area contributed by atoms with Crippen molar-refractivity contribution in [3.8, 4) is 0 Å². The van der Waals surface area contributed by atoms with Gasteiger partial charge in [-0.1, -0.05) is 38.8 Å². The van der Waals surface area contributed by atoms with E-state index >= 15 is 0 Å². The highest BCUT2D eigenvalue weighted by Gasteiger charge is 2.11. The van der Waals surface area contributed by atoms with Crippen LogP contribution in [0.1, 0.15) is 43.4 Å². The van der Waals surface area contributed by atoms with E-state index in [1.54, 1.807) is 29.6 Å². The largest absolute Gasteiger partial charge is 0.333 e. The second-order valence-corrected chi connectivity index (χ2v) is 6.60. The van der Waals surface area contributed by atoms with Crippen molar-refractivity contribution in [2.24, 2.45) is 0 Å². The van der Waals surface area contributed by atoms with Gasteiger partial charge in [-0.05, 0) is 22.9 Å². The number of amides is 1. The summed E-state index contributed by atoms with van der Waals surface area (Å²) in [5, 5.41) is 4.08. The van der Waals surface area contributed by atoms with E-state index in [1.165, 1.54) is 22.6 Å². The van der Waals surface area contributed by atoms with Crippen molar-refractivity contribution >= 4 is 28.6 Å². The quantitative estimate of drug-likeness (QED) is 0.746. The van der Waals surface area contributed by atoms with Gasteiger partial charge in [0.25, 0.3) is 0 Å². The van der Waals surface area contributed by atoms with Crippen molar-refractivity contribution in [2.45, 2.75) is 46.7 Å². The molecular formula is C16H23NOS2. The SMILES string of the molecule is CC(=O)N(Cc1cccs1)Cc1cccs1.CCCC. The van der Waals surface area contributed by atoms with Crippen LogP contribution in [0.15, 0.2) is 35.0 Å². The lowest BCUT2D eigenvalue weighted by molar-refractivity contribution is -0.129. The molecule has 110 valence electrons. The van der Waals surface area contributed by atoms with Gasteiger partial charge < -0.3 is 4.90 Å². The molecule has 0 aliphatic rings. The van der Waals surface area contributed by atoms with Crippen LogP contribution in [0.3, 0.4) is 0 Å². The fourth-order valence-electron chi connectivity index (χ4n) is 1.46. The minimum absolute atomic E-state index is 0.127. The number of carbonyl (C=O) groups excluding carboxylic acids is 1. The fraction of sp³-hybridized carbons (Fsp3) is 0.438. The van der Waals surface area contributed by atoms with E-state index < -0.39 is 0 Å². The van der Waals surface area contributed by atoms with Gasteiger partial charge in [0.15, 0.2) is 0 Å². The van der Waals surface area contributed by atoms with Crippen molar-refractivity contribution in [1.29, 1.82) is 0 Å². The van der Waals surface area contributed by atoms with E-state index in [1.807, 2.05) is 27.8 Å². The van der Waals surface area contributed by atoms with Crippen LogP contribution >= 0.6 is 22.7 Å². The molecular weight excluding hydrogens is 286 g/mol. The minimum Gasteiger partial charge on any atom is -0.333 e. The number of hydrogen-bond acceptors (Lipinski definition) is 3. The molecule has 0 radical (unpaired) electrons. The van der Waals surface area contributed by atoms with Crippen LogP contribution < -0.4 is 0 Å². The summed E-state index contributed by atoms with van der Waals surface area (Å²) in [6, 6.07) is 8.16. The predicted molar refractivity (Wildman–Crippen MR) is 89.1 cm³/mol. The number of hydrogen-bond donors (Lipinski definition) is 0. The number of nitrogens with zero attached hydrogens (tertiary/aromatic N) is 1. The van der Waals surface area contributed by atoms with E-state index in [0.717, 1.165) is 0 Å². The van der Waals surface area contributed by atoms with Gasteiger partial charge in [-0.25, -0.2) is 0 Å². The summed E-state index contributed by atoms with van der Waals surface area (Å²) in [6.07, 6.45) is 2.64. The minimum atomic E-state index is 0.127. The normalized spacial score (nSPS) is 9.75. The molecule has 2 rings (SSSR count). The second kappa shape index (κ2) is 9.72. The van der Waals surface area contributed by atoms with Crippen LogP contribution in [0.2, 0.25) is 0 Å². The Balaban J connectivity index is 0.000000444. The average molecular weight is 310 g/mol. The molecule has 0 fully saturated rings. The molecule has 2 nitrogen and oxygen atoms in total. The zero-order chi connectivity index (χ0) is 14.8. The molecule has 2 heterocycles. The van der Waals surface area contributed by atoms with Gasteiger partial charge in [0.1, 0.15) is 0 Å². The number of thiophene rings is 2. The standard InChI is InChI=1S/C12H13NOS2.C4H10/c1-10(14)13(8-11-4-2-6-15-11)9-12-5-3-7-16-12;1-3-4-2/h2-7H,8-9H2,1H3;3-4H2,1-2H3. The fourth-order valence-corrected chi connectivity index (χ4v) is 2.90. The molecule has 2 aromatic rings. The first-order chi connectivity index (χ1) is 9.67. The Hall–Kier alpha value is -1.13. The third-order valence-corrected chi connectivity index (χ3v) is 4.52. The van der Waals surface area contributed by atoms with Crippen molar-refractivity contribution in [2.75, 3.05) is 0 Å². The molecule has 2 aromatic heterocycles. The third-order valence-electron chi connectivity index (χ3n) is 2.80. The van der Waals surface area contributed by atoms with Gasteiger partial charge in [0.05, 0.1) is 13.1 Å². The topological polar surface area (TPSA) is 20.3 Å². The van der Waals surface area contributed by atoms with Crippen molar-refractivity contribution in [3.63, 3.8) is 0 Å². The van der Waals surface area contributed by atoms with Crippen LogP contribution in [0, 0.1) is 0 Å². The Morgan fingerprint density at radius 2 is 1.45 bits per heavy atom. The van der Waals surface area contributed by atoms with Crippen LogP contribution in [0.5, 0.6) is 0 Å². The maximum absolute atomic E-state index is 11.5. The monoisotopic (exact) mass is 309 g/mol. The highest BCUT2D eigenvalue weighted by molar-refractivity contribution is 7.10. The van der Waals surface area contributed by atoms with E-state index in [9.17, 15) is 4.79 Å². The second-order valence-electron chi connectivity index (χ2n) is 4.53. The Kier molecular flexibility index (Phi) is 8.23. The molecule has 1 amide bonds. The number of rotatable bonds is 5. The molecule has 0 aliphatic heterocycles. The van der Waals surface area contributed by atoms with Gasteiger partial charge in [-0.2, -0.15) is 0 Å². The van der Waals surface area contributed by atoms with Crippen LogP contribution in [-0.4, -0.2) is 10.8 Å². The lowest BCUT2D eigenvalue weighted by Crippen LogP contribution is -2.26. The molecule has 0 spiro atoms. The Morgan fingerprint density at radius 3 is 1.70 bits per heavy atom. The van der Waals surface area contributed by atoms with Crippen LogP contribution in [-0.2, 0) is 17.9 Å². The first-order valence-electron chi connectivity index (χ1n) is 6.97. The Bertz CT molecular complexity index is 424. The Labute approximate surface area is 130 Å². The summed E-state index contributed by atoms with van der Waals surface area (Å²) in [6.45, 7) is 7.41. The first kappa shape index (κ1) is 16.9. The molecule has 0 aliphatic carbocycles. The van der Waals surface area contributed by atoms with Gasteiger partial charge in [-0.3, -0.25) is 4.79 Å². The van der Waals surface area contributed by atoms with Crippen LogP contribution in [0.25, 0.3) is 0 Å². The molecule has 0 saturated heterocycles. The van der Waals surface area contributed by atoms with Crippen molar-refractivity contribution in [1.82, 2.24) is 4.90 Å². The number of carbonyl (C=O) groups is 1. The average Bonchev–Trinajstić information content (AvgIpc) is 3.11. The predicted octanol–water partition coefficient (Wildman–Crippen LogP) is 5.16. The smallest absolute Gasteiger partial charge is 0.220 e. The third kappa shape index (κ3) is 6.35. The summed E-state index contributed by atoms with van der Waals surface area (Å²) in [7, 11) is 0. The maximum atomic E-state index is 11.5.